The molecule has 3 nitrogen and oxygen atoms in total. The van der Waals surface area contributed by atoms with Crippen molar-refractivity contribution in [2.75, 3.05) is 0 Å². The number of aromatic nitrogens is 2. The molecule has 2 N–H and O–H groups in total. The van der Waals surface area contributed by atoms with Crippen LogP contribution in [0.15, 0.2) is 24.5 Å². The molecule has 0 bridgehead atoms. The molecule has 0 aliphatic carbocycles. The molecule has 2 heterocycles. The van der Waals surface area contributed by atoms with E-state index in [1.165, 1.54) is 0 Å². The predicted octanol–water partition coefficient (Wildman–Crippen LogP) is 1.95. The van der Waals surface area contributed by atoms with Crippen LogP contribution in [0.4, 0.5) is 0 Å². The summed E-state index contributed by atoms with van der Waals surface area (Å²) in [7, 11) is 0. The van der Waals surface area contributed by atoms with E-state index in [2.05, 4.69) is 4.98 Å². The Morgan fingerprint density at radius 1 is 1.29 bits per heavy atom. The first kappa shape index (κ1) is 13.2. The van der Waals surface area contributed by atoms with E-state index in [1.807, 2.05) is 35.9 Å². The summed E-state index contributed by atoms with van der Waals surface area (Å²) < 4.78 is 2.00. The minimum atomic E-state index is 0. The largest absolute Gasteiger partial charge is 0.326 e. The van der Waals surface area contributed by atoms with Crippen molar-refractivity contribution < 1.29 is 0 Å². The van der Waals surface area contributed by atoms with Gasteiger partial charge in [0.15, 0.2) is 0 Å². The Morgan fingerprint density at radius 3 is 2.64 bits per heavy atom. The highest BCUT2D eigenvalue weighted by atomic mass is 35.5. The normalized spacial score (nSPS) is 9.29. The van der Waals surface area contributed by atoms with Crippen LogP contribution in [-0.4, -0.2) is 9.38 Å². The van der Waals surface area contributed by atoms with Gasteiger partial charge in [-0.05, 0) is 18.6 Å². The van der Waals surface area contributed by atoms with Crippen LogP contribution < -0.4 is 5.73 Å². The second kappa shape index (κ2) is 5.20. The van der Waals surface area contributed by atoms with E-state index in [0.29, 0.717) is 6.54 Å². The first-order chi connectivity index (χ1) is 5.79. The maximum absolute atomic E-state index is 5.51. The topological polar surface area (TPSA) is 43.3 Å². The molecule has 0 radical (unpaired) electrons. The molecule has 0 aliphatic heterocycles. The summed E-state index contributed by atoms with van der Waals surface area (Å²) in [6, 6.07) is 3.98. The molecule has 0 unspecified atom stereocenters. The van der Waals surface area contributed by atoms with Crippen molar-refractivity contribution in [2.45, 2.75) is 13.5 Å². The van der Waals surface area contributed by atoms with Crippen LogP contribution in [0.5, 0.6) is 0 Å². The van der Waals surface area contributed by atoms with Crippen molar-refractivity contribution in [2.24, 2.45) is 5.73 Å². The molecule has 0 fully saturated rings. The zero-order chi connectivity index (χ0) is 8.55. The fourth-order valence-electron chi connectivity index (χ4n) is 1.29. The van der Waals surface area contributed by atoms with Crippen LogP contribution in [0, 0.1) is 6.92 Å². The maximum atomic E-state index is 5.51. The van der Waals surface area contributed by atoms with E-state index < -0.39 is 0 Å². The lowest BCUT2D eigenvalue weighted by Crippen LogP contribution is -1.97. The Bertz CT molecular complexity index is 411. The number of hydrogen-bond donors (Lipinski definition) is 1. The van der Waals surface area contributed by atoms with Crippen molar-refractivity contribution in [1.29, 1.82) is 0 Å². The van der Waals surface area contributed by atoms with Gasteiger partial charge in [-0.3, -0.25) is 0 Å². The molecule has 0 aromatic carbocycles. The molecule has 14 heavy (non-hydrogen) atoms. The second-order valence-corrected chi connectivity index (χ2v) is 2.89. The van der Waals surface area contributed by atoms with E-state index in [-0.39, 0.29) is 24.8 Å². The van der Waals surface area contributed by atoms with Crippen LogP contribution in [0.2, 0.25) is 0 Å². The zero-order valence-corrected chi connectivity index (χ0v) is 9.44. The number of rotatable bonds is 1. The van der Waals surface area contributed by atoms with Gasteiger partial charge < -0.3 is 10.1 Å². The third kappa shape index (κ3) is 2.38. The summed E-state index contributed by atoms with van der Waals surface area (Å²) in [6.07, 6.45) is 4.00. The van der Waals surface area contributed by atoms with Gasteiger partial charge in [-0.25, -0.2) is 4.98 Å². The van der Waals surface area contributed by atoms with Gasteiger partial charge >= 0.3 is 0 Å². The van der Waals surface area contributed by atoms with Gasteiger partial charge in [-0.2, -0.15) is 0 Å². The molecular formula is C9H13Cl2N3. The number of fused-ring (bicyclic) bond motifs is 1. The van der Waals surface area contributed by atoms with E-state index in [9.17, 15) is 0 Å². The van der Waals surface area contributed by atoms with Crippen LogP contribution in [0.3, 0.4) is 0 Å². The molecule has 0 saturated heterocycles. The highest BCUT2D eigenvalue weighted by molar-refractivity contribution is 5.85. The lowest BCUT2D eigenvalue weighted by molar-refractivity contribution is 1.03. The summed E-state index contributed by atoms with van der Waals surface area (Å²) in [5.41, 5.74) is 8.65. The van der Waals surface area contributed by atoms with Crippen molar-refractivity contribution in [3.05, 3.63) is 35.8 Å². The summed E-state index contributed by atoms with van der Waals surface area (Å²) in [6.45, 7) is 2.56. The number of nitrogens with two attached hydrogens (primary N) is 1. The summed E-state index contributed by atoms with van der Waals surface area (Å²) in [4.78, 5) is 4.31. The fraction of sp³-hybridized carbons (Fsp3) is 0.222. The Hall–Kier alpha value is -0.770. The molecule has 2 aromatic rings. The average Bonchev–Trinajstić information content (AvgIpc) is 2.43. The molecule has 2 rings (SSSR count). The van der Waals surface area contributed by atoms with Gasteiger partial charge in [0.1, 0.15) is 5.65 Å². The molecule has 2 aromatic heterocycles. The standard InChI is InChI=1S/C9H11N3.2ClH/c1-7-5-12-6-8(4-10)2-3-9(12)11-7;;/h2-3,5-6H,4,10H2,1H3;2*1H. The number of hydrogen-bond acceptors (Lipinski definition) is 2. The number of aryl methyl sites for hydroxylation is 1. The summed E-state index contributed by atoms with van der Waals surface area (Å²) >= 11 is 0. The molecule has 0 atom stereocenters. The van der Waals surface area contributed by atoms with Crippen LogP contribution in [0.1, 0.15) is 11.3 Å². The van der Waals surface area contributed by atoms with Crippen molar-refractivity contribution >= 4 is 30.5 Å². The predicted molar refractivity (Wildman–Crippen MR) is 62.3 cm³/mol. The van der Waals surface area contributed by atoms with E-state index in [0.717, 1.165) is 16.9 Å². The van der Waals surface area contributed by atoms with Gasteiger partial charge in [0.25, 0.3) is 0 Å². The maximum Gasteiger partial charge on any atom is 0.136 e. The first-order valence-electron chi connectivity index (χ1n) is 3.94. The van der Waals surface area contributed by atoms with Crippen LogP contribution in [-0.2, 0) is 6.54 Å². The molecule has 0 spiro atoms. The first-order valence-corrected chi connectivity index (χ1v) is 3.94. The number of imidazole rings is 1. The lowest BCUT2D eigenvalue weighted by Gasteiger charge is -1.96. The minimum Gasteiger partial charge on any atom is -0.326 e. The van der Waals surface area contributed by atoms with Gasteiger partial charge in [-0.15, -0.1) is 24.8 Å². The third-order valence-electron chi connectivity index (χ3n) is 1.87. The monoisotopic (exact) mass is 233 g/mol. The smallest absolute Gasteiger partial charge is 0.136 e. The van der Waals surface area contributed by atoms with Crippen LogP contribution in [0.25, 0.3) is 5.65 Å². The average molecular weight is 234 g/mol. The number of nitrogens with zero attached hydrogens (tertiary/aromatic N) is 2. The van der Waals surface area contributed by atoms with Gasteiger partial charge in [0.2, 0.25) is 0 Å². The Balaban J connectivity index is 0.000000845. The fourth-order valence-corrected chi connectivity index (χ4v) is 1.29. The Kier molecular flexibility index (Phi) is 4.91. The SMILES string of the molecule is Cc1cn2cc(CN)ccc2n1.Cl.Cl. The van der Waals surface area contributed by atoms with Crippen molar-refractivity contribution in [1.82, 2.24) is 9.38 Å². The zero-order valence-electron chi connectivity index (χ0n) is 7.80. The van der Waals surface area contributed by atoms with E-state index in [1.54, 1.807) is 0 Å². The molecule has 0 aliphatic rings. The quantitative estimate of drug-likeness (QED) is 0.819. The second-order valence-electron chi connectivity index (χ2n) is 2.89. The van der Waals surface area contributed by atoms with Gasteiger partial charge in [0.05, 0.1) is 5.69 Å². The number of pyridine rings is 1. The molecule has 0 amide bonds. The molecule has 0 saturated carbocycles. The van der Waals surface area contributed by atoms with E-state index in [4.69, 9.17) is 5.73 Å². The van der Waals surface area contributed by atoms with Gasteiger partial charge in [0, 0.05) is 18.9 Å². The van der Waals surface area contributed by atoms with Crippen LogP contribution >= 0.6 is 24.8 Å². The molecule has 78 valence electrons. The summed E-state index contributed by atoms with van der Waals surface area (Å²) in [5, 5.41) is 0. The highest BCUT2D eigenvalue weighted by Gasteiger charge is 1.96. The van der Waals surface area contributed by atoms with Crippen molar-refractivity contribution in [3.63, 3.8) is 0 Å². The Morgan fingerprint density at radius 2 is 2.00 bits per heavy atom. The van der Waals surface area contributed by atoms with E-state index >= 15 is 0 Å². The molecular weight excluding hydrogens is 221 g/mol. The summed E-state index contributed by atoms with van der Waals surface area (Å²) in [5.74, 6) is 0. The number of halogens is 2. The lowest BCUT2D eigenvalue weighted by atomic mass is 10.3. The Labute approximate surface area is 95.1 Å². The minimum absolute atomic E-state index is 0. The molecule has 5 heteroatoms. The highest BCUT2D eigenvalue weighted by Crippen LogP contribution is 2.06. The van der Waals surface area contributed by atoms with Crippen molar-refractivity contribution in [3.8, 4) is 0 Å². The third-order valence-corrected chi connectivity index (χ3v) is 1.87. The van der Waals surface area contributed by atoms with Gasteiger partial charge in [-0.1, -0.05) is 6.07 Å².